The SMILES string of the molecule is [O-]c1cccc[n+]1[O-].[O-]c1cccc[n+]1[O-].[Zn+2].c1ccc(-c2ccccn2)nc1. The first-order valence-corrected chi connectivity index (χ1v) is 8.11. The van der Waals surface area contributed by atoms with E-state index in [-0.39, 0.29) is 28.9 Å². The molecule has 0 aliphatic heterocycles. The molecule has 29 heavy (non-hydrogen) atoms. The van der Waals surface area contributed by atoms with Crippen molar-refractivity contribution < 1.29 is 39.2 Å². The predicted octanol–water partition coefficient (Wildman–Crippen LogP) is 0.928. The Balaban J connectivity index is 0.000000221. The van der Waals surface area contributed by atoms with Crippen LogP contribution in [0.25, 0.3) is 11.4 Å². The molecule has 0 bridgehead atoms. The Bertz CT molecular complexity index is 853. The summed E-state index contributed by atoms with van der Waals surface area (Å²) in [4.78, 5) is 8.37. The molecule has 0 radical (unpaired) electrons. The topological polar surface area (TPSA) is 126 Å². The minimum Gasteiger partial charge on any atom is -0.822 e. The molecule has 4 rings (SSSR count). The Labute approximate surface area is 180 Å². The normalized spacial score (nSPS) is 8.97. The first-order chi connectivity index (χ1) is 13.6. The van der Waals surface area contributed by atoms with Gasteiger partial charge in [0.15, 0.2) is 24.2 Å². The molecular weight excluding hydrogens is 426 g/mol. The van der Waals surface area contributed by atoms with Crippen molar-refractivity contribution in [2.45, 2.75) is 0 Å². The second kappa shape index (κ2) is 12.7. The largest absolute Gasteiger partial charge is 2.00 e. The van der Waals surface area contributed by atoms with Crippen LogP contribution in [0.1, 0.15) is 0 Å². The van der Waals surface area contributed by atoms with Crippen molar-refractivity contribution in [3.05, 3.63) is 108 Å². The van der Waals surface area contributed by atoms with Gasteiger partial charge in [0.1, 0.15) is 0 Å². The third kappa shape index (κ3) is 8.32. The van der Waals surface area contributed by atoms with Crippen LogP contribution in [0.2, 0.25) is 0 Å². The van der Waals surface area contributed by atoms with Crippen LogP contribution in [-0.2, 0) is 19.5 Å². The Morgan fingerprint density at radius 3 is 1.17 bits per heavy atom. The van der Waals surface area contributed by atoms with Crippen molar-refractivity contribution in [3.8, 4) is 23.1 Å². The maximum Gasteiger partial charge on any atom is 2.00 e. The van der Waals surface area contributed by atoms with Crippen LogP contribution in [0, 0.1) is 10.4 Å². The van der Waals surface area contributed by atoms with Crippen LogP contribution in [0.5, 0.6) is 11.8 Å². The zero-order valence-electron chi connectivity index (χ0n) is 15.4. The Kier molecular flexibility index (Phi) is 10.3. The van der Waals surface area contributed by atoms with E-state index in [1.165, 1.54) is 48.8 Å². The molecule has 0 fully saturated rings. The van der Waals surface area contributed by atoms with E-state index in [0.717, 1.165) is 11.4 Å². The molecule has 0 atom stereocenters. The molecule has 142 valence electrons. The smallest absolute Gasteiger partial charge is 0.822 e. The Morgan fingerprint density at radius 2 is 0.931 bits per heavy atom. The molecule has 0 saturated heterocycles. The molecule has 9 heteroatoms. The van der Waals surface area contributed by atoms with Gasteiger partial charge in [0.05, 0.1) is 11.4 Å². The van der Waals surface area contributed by atoms with Crippen molar-refractivity contribution in [2.24, 2.45) is 0 Å². The summed E-state index contributed by atoms with van der Waals surface area (Å²) in [6.07, 6.45) is 5.87. The number of hydrogen-bond acceptors (Lipinski definition) is 6. The molecule has 0 saturated carbocycles. The number of rotatable bonds is 1. The molecule has 0 aliphatic rings. The van der Waals surface area contributed by atoms with E-state index >= 15 is 0 Å². The summed E-state index contributed by atoms with van der Waals surface area (Å²) >= 11 is 0. The van der Waals surface area contributed by atoms with Crippen molar-refractivity contribution in [1.82, 2.24) is 9.97 Å². The third-order valence-corrected chi connectivity index (χ3v) is 3.17. The Hall–Kier alpha value is -3.58. The van der Waals surface area contributed by atoms with Gasteiger partial charge >= 0.3 is 19.5 Å². The van der Waals surface area contributed by atoms with Gasteiger partial charge in [-0.15, -0.1) is 0 Å². The first kappa shape index (κ1) is 23.5. The summed E-state index contributed by atoms with van der Waals surface area (Å²) in [5.41, 5.74) is 1.83. The van der Waals surface area contributed by atoms with Gasteiger partial charge in [-0.25, -0.2) is 0 Å². The zero-order valence-corrected chi connectivity index (χ0v) is 18.3. The maximum atomic E-state index is 10.3. The van der Waals surface area contributed by atoms with Gasteiger partial charge in [-0.05, 0) is 36.4 Å². The summed E-state index contributed by atoms with van der Waals surface area (Å²) in [6.45, 7) is 0. The zero-order chi connectivity index (χ0) is 20.2. The fourth-order valence-corrected chi connectivity index (χ4v) is 1.85. The second-order valence-corrected chi connectivity index (χ2v) is 5.16. The number of aromatic nitrogens is 4. The van der Waals surface area contributed by atoms with E-state index in [0.29, 0.717) is 0 Å². The maximum absolute atomic E-state index is 10.3. The fraction of sp³-hybridized carbons (Fsp3) is 0. The average molecular weight is 442 g/mol. The molecule has 8 nitrogen and oxygen atoms in total. The Morgan fingerprint density at radius 1 is 0.552 bits per heavy atom. The van der Waals surface area contributed by atoms with Crippen LogP contribution in [-0.4, -0.2) is 9.97 Å². The van der Waals surface area contributed by atoms with Crippen molar-refractivity contribution in [3.63, 3.8) is 0 Å². The summed E-state index contributed by atoms with van der Waals surface area (Å²) in [5, 5.41) is 41.0. The average Bonchev–Trinajstić information content (AvgIpc) is 2.75. The van der Waals surface area contributed by atoms with Gasteiger partial charge in [-0.2, -0.15) is 9.46 Å². The first-order valence-electron chi connectivity index (χ1n) is 8.11. The summed E-state index contributed by atoms with van der Waals surface area (Å²) in [5.74, 6) is -1.04. The van der Waals surface area contributed by atoms with Gasteiger partial charge in [0, 0.05) is 24.5 Å². The van der Waals surface area contributed by atoms with Gasteiger partial charge in [0.2, 0.25) is 0 Å². The molecule has 0 spiro atoms. The molecule has 0 aromatic carbocycles. The van der Waals surface area contributed by atoms with Gasteiger partial charge in [-0.3, -0.25) is 9.97 Å². The van der Waals surface area contributed by atoms with E-state index in [1.54, 1.807) is 12.4 Å². The molecule has 4 heterocycles. The van der Waals surface area contributed by atoms with Crippen molar-refractivity contribution in [2.75, 3.05) is 0 Å². The molecule has 0 N–H and O–H groups in total. The molecule has 4 aromatic heterocycles. The number of nitrogens with zero attached hydrogens (tertiary/aromatic N) is 4. The van der Waals surface area contributed by atoms with E-state index in [9.17, 15) is 20.6 Å². The van der Waals surface area contributed by atoms with Crippen LogP contribution < -0.4 is 19.7 Å². The van der Waals surface area contributed by atoms with Crippen LogP contribution in [0.15, 0.2) is 97.6 Å². The van der Waals surface area contributed by atoms with Crippen molar-refractivity contribution >= 4 is 0 Å². The van der Waals surface area contributed by atoms with E-state index < -0.39 is 11.8 Å². The predicted molar refractivity (Wildman–Crippen MR) is 97.2 cm³/mol. The molecule has 4 aromatic rings. The fourth-order valence-electron chi connectivity index (χ4n) is 1.85. The van der Waals surface area contributed by atoms with Gasteiger partial charge < -0.3 is 20.6 Å². The minimum absolute atomic E-state index is 0. The number of hydrogen-bond donors (Lipinski definition) is 0. The van der Waals surface area contributed by atoms with Crippen LogP contribution >= 0.6 is 0 Å². The second-order valence-electron chi connectivity index (χ2n) is 5.16. The molecular formula is C20H16N4O4Zn. The number of pyridine rings is 4. The van der Waals surface area contributed by atoms with E-state index in [2.05, 4.69) is 9.97 Å². The summed E-state index contributed by atoms with van der Waals surface area (Å²) < 4.78 is 0.556. The van der Waals surface area contributed by atoms with Gasteiger partial charge in [-0.1, -0.05) is 24.3 Å². The van der Waals surface area contributed by atoms with Crippen molar-refractivity contribution in [1.29, 1.82) is 0 Å². The summed E-state index contributed by atoms with van der Waals surface area (Å²) in [7, 11) is 0. The van der Waals surface area contributed by atoms with Crippen LogP contribution in [0.4, 0.5) is 0 Å². The van der Waals surface area contributed by atoms with Gasteiger partial charge in [0.25, 0.3) is 0 Å². The van der Waals surface area contributed by atoms with E-state index in [4.69, 9.17) is 0 Å². The third-order valence-electron chi connectivity index (χ3n) is 3.17. The quantitative estimate of drug-likeness (QED) is 0.246. The molecule has 0 amide bonds. The standard InChI is InChI=1S/C10H8N2.2C5H5NO2.Zn/c1-3-7-11-9(5-1)10-6-2-4-8-12-10;2*7-5-3-1-2-4-6(5)8;/h1-8H;2*1-4,7H;/q;;;+2/p-2. The van der Waals surface area contributed by atoms with Crippen LogP contribution in [0.3, 0.4) is 0 Å². The molecule has 0 aliphatic carbocycles. The minimum atomic E-state index is -0.521. The summed E-state index contributed by atoms with van der Waals surface area (Å²) in [6, 6.07) is 20.1. The monoisotopic (exact) mass is 440 g/mol. The van der Waals surface area contributed by atoms with E-state index in [1.807, 2.05) is 36.4 Å². The molecule has 0 unspecified atom stereocenters.